The number of para-hydroxylation sites is 2. The molecule has 1 amide bonds. The molecule has 0 unspecified atom stereocenters. The van der Waals surface area contributed by atoms with Crippen LogP contribution in [0.4, 0.5) is 0 Å². The second kappa shape index (κ2) is 7.27. The Morgan fingerprint density at radius 1 is 1.23 bits per heavy atom. The van der Waals surface area contributed by atoms with Crippen molar-refractivity contribution in [2.45, 2.75) is 6.42 Å². The Kier molecular flexibility index (Phi) is 4.71. The van der Waals surface area contributed by atoms with Crippen LogP contribution in [-0.2, 0) is 20.8 Å². The lowest BCUT2D eigenvalue weighted by Gasteiger charge is -1.99. The number of carbonyl (C=O) groups is 1. The highest BCUT2D eigenvalue weighted by Gasteiger charge is 2.07. The summed E-state index contributed by atoms with van der Waals surface area (Å²) in [5.74, 6) is 2.90. The number of nitrogens with one attached hydrogen (secondary N) is 2. The summed E-state index contributed by atoms with van der Waals surface area (Å²) in [6.07, 6.45) is 1.14. The van der Waals surface area contributed by atoms with Crippen molar-refractivity contribution in [1.29, 1.82) is 0 Å². The van der Waals surface area contributed by atoms with Gasteiger partial charge in [-0.05, 0) is 18.2 Å². The lowest BCUT2D eigenvalue weighted by atomic mass is 10.1. The van der Waals surface area contributed by atoms with Crippen molar-refractivity contribution in [1.82, 2.24) is 15.4 Å². The monoisotopic (exact) mass is 348 g/mol. The predicted octanol–water partition coefficient (Wildman–Crippen LogP) is -1.03. The first-order valence-electron chi connectivity index (χ1n) is 7.49. The van der Waals surface area contributed by atoms with Gasteiger partial charge in [0.1, 0.15) is 23.5 Å². The van der Waals surface area contributed by atoms with Crippen LogP contribution in [0.3, 0.4) is 0 Å². The molecule has 3 aromatic rings. The Bertz CT molecular complexity index is 1150. The van der Waals surface area contributed by atoms with Crippen molar-refractivity contribution in [3.8, 4) is 5.75 Å². The molecule has 0 atom stereocenters. The first kappa shape index (κ1) is 16.9. The number of aromatic amines is 1. The van der Waals surface area contributed by atoms with Crippen LogP contribution in [0.2, 0.25) is 0 Å². The van der Waals surface area contributed by atoms with E-state index < -0.39 is 5.91 Å². The predicted molar refractivity (Wildman–Crippen MR) is 92.5 cm³/mol. The zero-order chi connectivity index (χ0) is 18.5. The maximum Gasteiger partial charge on any atom is 0.247 e. The smallest absolute Gasteiger partial charge is 0.247 e. The second-order valence-electron chi connectivity index (χ2n) is 5.33. The molecule has 1 aromatic heterocycles. The molecule has 0 saturated heterocycles. The van der Waals surface area contributed by atoms with Crippen LogP contribution in [0.15, 0.2) is 41.5 Å². The number of hydrogen-bond donors (Lipinski definition) is 3. The molecule has 0 saturated carbocycles. The van der Waals surface area contributed by atoms with Crippen LogP contribution in [0.5, 0.6) is 5.75 Å². The van der Waals surface area contributed by atoms with Crippen molar-refractivity contribution in [3.05, 3.63) is 58.2 Å². The van der Waals surface area contributed by atoms with Gasteiger partial charge in [0.25, 0.3) is 0 Å². The highest BCUT2D eigenvalue weighted by atomic mass is 16.3. The minimum absolute atomic E-state index is 0.00952. The third-order valence-electron chi connectivity index (χ3n) is 3.55. The number of imidazole rings is 1. The molecule has 2 aromatic carbocycles. The van der Waals surface area contributed by atoms with Crippen LogP contribution in [0.25, 0.3) is 11.0 Å². The number of fused-ring (bicyclic) bond motifs is 1. The quantitative estimate of drug-likeness (QED) is 0.411. The largest absolute Gasteiger partial charge is 0.507 e. The van der Waals surface area contributed by atoms with Crippen LogP contribution < -0.4 is 15.9 Å². The number of phenols is 1. The Labute approximate surface area is 146 Å². The molecule has 26 heavy (non-hydrogen) atoms. The van der Waals surface area contributed by atoms with E-state index in [1.807, 2.05) is 24.3 Å². The van der Waals surface area contributed by atoms with Crippen molar-refractivity contribution in [2.24, 2.45) is 5.10 Å². The van der Waals surface area contributed by atoms with Gasteiger partial charge in [-0.15, -0.1) is 0 Å². The van der Waals surface area contributed by atoms with Gasteiger partial charge in [-0.1, -0.05) is 12.1 Å². The van der Waals surface area contributed by atoms with Crippen molar-refractivity contribution < 1.29 is 19.5 Å². The van der Waals surface area contributed by atoms with E-state index in [2.05, 4.69) is 20.5 Å². The number of hydrazone groups is 1. The maximum atomic E-state index is 11.9. The second-order valence-corrected chi connectivity index (χ2v) is 5.33. The molecule has 0 fully saturated rings. The van der Waals surface area contributed by atoms with Crippen molar-refractivity contribution in [3.63, 3.8) is 0 Å². The Morgan fingerprint density at radius 2 is 1.96 bits per heavy atom. The molecule has 0 aliphatic carbocycles. The number of phenolic OH excluding ortho intramolecular Hbond substituents is 1. The van der Waals surface area contributed by atoms with E-state index in [9.17, 15) is 19.5 Å². The number of H-pyrrole nitrogens is 1. The van der Waals surface area contributed by atoms with E-state index in [0.29, 0.717) is 5.82 Å². The molecule has 3 rings (SSSR count). The number of rotatable bonds is 4. The summed E-state index contributed by atoms with van der Waals surface area (Å²) in [5, 5.41) is 13.4. The molecule has 3 N–H and O–H groups in total. The van der Waals surface area contributed by atoms with E-state index in [4.69, 9.17) is 0 Å². The molecule has 0 bridgehead atoms. The number of nitrogens with zero attached hydrogens (tertiary/aromatic N) is 2. The van der Waals surface area contributed by atoms with Crippen LogP contribution in [0, 0.1) is 0 Å². The standard InChI is InChI=1S/C18H12N4O4/c23-9-12-5-11(16(25)6-13(12)10-24)8-19-22-18(26)7-17-20-14-3-1-2-4-15(14)21-17/h1-6,8,25H,7H2,(H,20,21)(H,22,26)/b19-8+. The summed E-state index contributed by atoms with van der Waals surface area (Å²) in [5.41, 5.74) is 4.03. The Morgan fingerprint density at radius 3 is 2.69 bits per heavy atom. The zero-order valence-corrected chi connectivity index (χ0v) is 13.3. The average molecular weight is 348 g/mol. The number of benzene rings is 2. The number of amides is 1. The molecule has 0 radical (unpaired) electrons. The van der Waals surface area contributed by atoms with Gasteiger partial charge in [-0.3, -0.25) is 4.79 Å². The average Bonchev–Trinajstić information content (AvgIpc) is 3.04. The topological polar surface area (TPSA) is 125 Å². The maximum absolute atomic E-state index is 11.9. The number of aromatic hydroxyl groups is 1. The third-order valence-corrected chi connectivity index (χ3v) is 3.55. The van der Waals surface area contributed by atoms with Crippen molar-refractivity contribution in [2.75, 3.05) is 0 Å². The lowest BCUT2D eigenvalue weighted by molar-refractivity contribution is -0.120. The van der Waals surface area contributed by atoms with Gasteiger partial charge < -0.3 is 10.1 Å². The van der Waals surface area contributed by atoms with E-state index in [1.165, 1.54) is 12.0 Å². The zero-order valence-electron chi connectivity index (χ0n) is 13.3. The fourth-order valence-corrected chi connectivity index (χ4v) is 2.33. The molecule has 128 valence electrons. The first-order valence-corrected chi connectivity index (χ1v) is 7.49. The van der Waals surface area contributed by atoms with Gasteiger partial charge in [0.15, 0.2) is 0 Å². The molecule has 0 spiro atoms. The van der Waals surface area contributed by atoms with Crippen molar-refractivity contribution >= 4 is 35.0 Å². The molecule has 8 nitrogen and oxygen atoms in total. The third kappa shape index (κ3) is 3.57. The summed E-state index contributed by atoms with van der Waals surface area (Å²) >= 11 is 0. The molecular formula is C18H12N4O4. The van der Waals surface area contributed by atoms with Crippen LogP contribution >= 0.6 is 0 Å². The van der Waals surface area contributed by atoms with Crippen LogP contribution in [0.1, 0.15) is 11.4 Å². The minimum Gasteiger partial charge on any atom is -0.507 e. The highest BCUT2D eigenvalue weighted by Crippen LogP contribution is 2.10. The number of hydrogen-bond acceptors (Lipinski definition) is 6. The molecule has 8 heteroatoms. The van der Waals surface area contributed by atoms with Gasteiger partial charge in [0.2, 0.25) is 5.91 Å². The van der Waals surface area contributed by atoms with Gasteiger partial charge in [-0.25, -0.2) is 20.0 Å². The number of aromatic nitrogens is 2. The van der Waals surface area contributed by atoms with Gasteiger partial charge in [-0.2, -0.15) is 5.10 Å². The SMILES string of the molecule is O=C=c1cc(O)c(/C=N/NC(=O)Cc2nc3ccccc3[nH]2)cc1=C=O. The Balaban J connectivity index is 1.71. The molecular weight excluding hydrogens is 336 g/mol. The highest BCUT2D eigenvalue weighted by molar-refractivity contribution is 5.86. The summed E-state index contributed by atoms with van der Waals surface area (Å²) in [7, 11) is 0. The Hall–Kier alpha value is -3.99. The summed E-state index contributed by atoms with van der Waals surface area (Å²) in [6, 6.07) is 9.69. The lowest BCUT2D eigenvalue weighted by Crippen LogP contribution is -2.27. The normalized spacial score (nSPS) is 10.6. The first-order chi connectivity index (χ1) is 12.6. The summed E-state index contributed by atoms with van der Waals surface area (Å²) < 4.78 is 0. The minimum atomic E-state index is -0.417. The van der Waals surface area contributed by atoms with Gasteiger partial charge >= 0.3 is 0 Å². The molecule has 0 aliphatic heterocycles. The van der Waals surface area contributed by atoms with E-state index in [1.54, 1.807) is 5.94 Å². The summed E-state index contributed by atoms with van der Waals surface area (Å²) in [6.45, 7) is 0. The van der Waals surface area contributed by atoms with Gasteiger partial charge in [0, 0.05) is 11.6 Å². The summed E-state index contributed by atoms with van der Waals surface area (Å²) in [4.78, 5) is 40.7. The van der Waals surface area contributed by atoms with Crippen LogP contribution in [-0.4, -0.2) is 39.1 Å². The fourth-order valence-electron chi connectivity index (χ4n) is 2.33. The number of carbonyl (C=O) groups excluding carboxylic acids is 3. The van der Waals surface area contributed by atoms with E-state index in [-0.39, 0.29) is 28.2 Å². The van der Waals surface area contributed by atoms with Gasteiger partial charge in [0.05, 0.1) is 34.1 Å². The molecule has 1 heterocycles. The fraction of sp³-hybridized carbons (Fsp3) is 0.0556. The van der Waals surface area contributed by atoms with E-state index >= 15 is 0 Å². The molecule has 0 aliphatic rings. The van der Waals surface area contributed by atoms with E-state index in [0.717, 1.165) is 23.3 Å².